The summed E-state index contributed by atoms with van der Waals surface area (Å²) in [4.78, 5) is 26.5. The molecule has 1 saturated carbocycles. The summed E-state index contributed by atoms with van der Waals surface area (Å²) in [7, 11) is 0. The Balaban J connectivity index is 1.57. The zero-order chi connectivity index (χ0) is 25.7. The van der Waals surface area contributed by atoms with Crippen LogP contribution in [0.4, 0.5) is 10.6 Å². The van der Waals surface area contributed by atoms with E-state index in [9.17, 15) is 14.7 Å². The van der Waals surface area contributed by atoms with Gasteiger partial charge in [-0.2, -0.15) is 0 Å². The van der Waals surface area contributed by atoms with Crippen LogP contribution < -0.4 is 14.4 Å². The van der Waals surface area contributed by atoms with Crippen LogP contribution in [0.15, 0.2) is 60.8 Å². The molecule has 190 valence electrons. The van der Waals surface area contributed by atoms with E-state index in [1.807, 2.05) is 68.4 Å². The molecule has 3 aromatic rings. The van der Waals surface area contributed by atoms with Crippen molar-refractivity contribution >= 4 is 17.9 Å². The Bertz CT molecular complexity index is 1170. The van der Waals surface area contributed by atoms with Crippen LogP contribution in [-0.2, 0) is 11.4 Å². The van der Waals surface area contributed by atoms with Gasteiger partial charge < -0.3 is 14.6 Å². The van der Waals surface area contributed by atoms with Crippen molar-refractivity contribution < 1.29 is 24.2 Å². The smallest absolute Gasteiger partial charge is 0.489 e. The van der Waals surface area contributed by atoms with Gasteiger partial charge in [0.2, 0.25) is 11.7 Å². The van der Waals surface area contributed by atoms with Crippen LogP contribution in [0.5, 0.6) is 11.5 Å². The molecule has 1 aliphatic rings. The van der Waals surface area contributed by atoms with Crippen molar-refractivity contribution in [2.45, 2.75) is 59.1 Å². The summed E-state index contributed by atoms with van der Waals surface area (Å²) in [5.74, 6) is 1.40. The number of rotatable bonds is 8. The van der Waals surface area contributed by atoms with Gasteiger partial charge in [0.15, 0.2) is 5.75 Å². The summed E-state index contributed by atoms with van der Waals surface area (Å²) in [5.41, 5.74) is 1.76. The van der Waals surface area contributed by atoms with Crippen molar-refractivity contribution in [1.82, 2.24) is 9.78 Å². The molecule has 1 heterocycles. The molecule has 2 aromatic carbocycles. The van der Waals surface area contributed by atoms with Crippen LogP contribution in [0.1, 0.15) is 52.0 Å². The Morgan fingerprint density at radius 3 is 2.33 bits per heavy atom. The van der Waals surface area contributed by atoms with Gasteiger partial charge in [-0.3, -0.25) is 9.69 Å². The van der Waals surface area contributed by atoms with Crippen molar-refractivity contribution in [2.24, 2.45) is 11.8 Å². The van der Waals surface area contributed by atoms with E-state index in [4.69, 9.17) is 9.47 Å². The molecule has 1 amide bonds. The van der Waals surface area contributed by atoms with Gasteiger partial charge in [0.05, 0.1) is 11.9 Å². The average Bonchev–Trinajstić information content (AvgIpc) is 3.26. The molecule has 1 aliphatic carbocycles. The van der Waals surface area contributed by atoms with Gasteiger partial charge in [-0.25, -0.2) is 9.48 Å². The minimum atomic E-state index is -1.46. The molecule has 1 fully saturated rings. The van der Waals surface area contributed by atoms with E-state index in [0.717, 1.165) is 31.2 Å². The lowest BCUT2D eigenvalue weighted by molar-refractivity contribution is -0.124. The van der Waals surface area contributed by atoms with E-state index >= 15 is 0 Å². The molecular weight excluding hydrogens is 458 g/mol. The van der Waals surface area contributed by atoms with Gasteiger partial charge in [0.1, 0.15) is 12.4 Å². The van der Waals surface area contributed by atoms with E-state index in [2.05, 4.69) is 12.0 Å². The third-order valence-corrected chi connectivity index (χ3v) is 6.56. The predicted octanol–water partition coefficient (Wildman–Crippen LogP) is 6.08. The Kier molecular flexibility index (Phi) is 7.93. The van der Waals surface area contributed by atoms with Gasteiger partial charge in [0, 0.05) is 12.0 Å². The van der Waals surface area contributed by atoms with Crippen molar-refractivity contribution in [3.63, 3.8) is 0 Å². The highest BCUT2D eigenvalue weighted by molar-refractivity contribution is 5.96. The molecule has 0 saturated heterocycles. The maximum absolute atomic E-state index is 13.5. The molecule has 0 radical (unpaired) electrons. The molecule has 0 atom stereocenters. The van der Waals surface area contributed by atoms with Crippen molar-refractivity contribution in [2.75, 3.05) is 4.90 Å². The van der Waals surface area contributed by atoms with E-state index in [1.165, 1.54) is 10.9 Å². The number of benzene rings is 2. The lowest BCUT2D eigenvalue weighted by Crippen LogP contribution is -2.42. The number of nitrogens with zero attached hydrogens (tertiary/aromatic N) is 3. The number of amides is 1. The predicted molar refractivity (Wildman–Crippen MR) is 137 cm³/mol. The van der Waals surface area contributed by atoms with E-state index in [1.54, 1.807) is 4.90 Å². The third-order valence-electron chi connectivity index (χ3n) is 6.56. The topological polar surface area (TPSA) is 93.9 Å². The molecule has 36 heavy (non-hydrogen) atoms. The SMILES string of the molecule is CC(C)N(c1nn(-c2ccc(OCc3ccccc3)cc2)cc1OC(=O)O)C(=O)[C@H]1CC[C@H](C)CC1. The van der Waals surface area contributed by atoms with Crippen LogP contribution >= 0.6 is 0 Å². The van der Waals surface area contributed by atoms with Crippen LogP contribution in [0, 0.1) is 11.8 Å². The fourth-order valence-electron chi connectivity index (χ4n) is 4.56. The van der Waals surface area contributed by atoms with Crippen molar-refractivity contribution in [3.05, 3.63) is 66.4 Å². The lowest BCUT2D eigenvalue weighted by atomic mass is 9.82. The molecule has 8 nitrogen and oxygen atoms in total. The van der Waals surface area contributed by atoms with Gasteiger partial charge in [-0.1, -0.05) is 37.3 Å². The molecule has 8 heteroatoms. The molecule has 0 unspecified atom stereocenters. The summed E-state index contributed by atoms with van der Waals surface area (Å²) in [6.07, 6.45) is 3.70. The molecule has 0 bridgehead atoms. The molecule has 0 spiro atoms. The number of hydrogen-bond donors (Lipinski definition) is 1. The highest BCUT2D eigenvalue weighted by Crippen LogP contribution is 2.35. The zero-order valence-corrected chi connectivity index (χ0v) is 21.0. The number of ether oxygens (including phenoxy) is 2. The summed E-state index contributed by atoms with van der Waals surface area (Å²) in [5, 5.41) is 13.9. The van der Waals surface area contributed by atoms with Gasteiger partial charge >= 0.3 is 6.16 Å². The van der Waals surface area contributed by atoms with Crippen LogP contribution in [-0.4, -0.2) is 33.0 Å². The maximum atomic E-state index is 13.5. The summed E-state index contributed by atoms with van der Waals surface area (Å²) < 4.78 is 12.4. The monoisotopic (exact) mass is 491 g/mol. The van der Waals surface area contributed by atoms with Crippen molar-refractivity contribution in [1.29, 1.82) is 0 Å². The Morgan fingerprint density at radius 1 is 1.06 bits per heavy atom. The standard InChI is InChI=1S/C28H33N3O5/c1-19(2)31(27(32)22-11-9-20(3)10-12-22)26-25(36-28(33)34)17-30(29-26)23-13-15-24(16-14-23)35-18-21-7-5-4-6-8-21/h4-8,13-17,19-20,22H,9-12,18H2,1-3H3,(H,33,34)/t20-,22-. The zero-order valence-electron chi connectivity index (χ0n) is 21.0. The normalized spacial score (nSPS) is 17.6. The fraction of sp³-hybridized carbons (Fsp3) is 0.393. The van der Waals surface area contributed by atoms with Gasteiger partial charge in [0.25, 0.3) is 0 Å². The minimum absolute atomic E-state index is 0.0260. The molecule has 4 rings (SSSR count). The number of carbonyl (C=O) groups is 2. The number of hydrogen-bond acceptors (Lipinski definition) is 5. The Morgan fingerprint density at radius 2 is 1.72 bits per heavy atom. The van der Waals surface area contributed by atoms with Gasteiger partial charge in [-0.05, 0) is 75.3 Å². The number of aromatic nitrogens is 2. The number of anilines is 1. The highest BCUT2D eigenvalue weighted by atomic mass is 16.7. The number of carbonyl (C=O) groups excluding carboxylic acids is 1. The third kappa shape index (κ3) is 6.05. The second kappa shape index (κ2) is 11.3. The van der Waals surface area contributed by atoms with Crippen LogP contribution in [0.3, 0.4) is 0 Å². The second-order valence-electron chi connectivity index (χ2n) is 9.66. The van der Waals surface area contributed by atoms with Crippen LogP contribution in [0.25, 0.3) is 5.69 Å². The minimum Gasteiger partial charge on any atom is -0.489 e. The van der Waals surface area contributed by atoms with Crippen LogP contribution in [0.2, 0.25) is 0 Å². The summed E-state index contributed by atoms with van der Waals surface area (Å²) >= 11 is 0. The molecule has 1 aromatic heterocycles. The number of carboxylic acid groups (broad SMARTS) is 1. The fourth-order valence-corrected chi connectivity index (χ4v) is 4.56. The first-order valence-electron chi connectivity index (χ1n) is 12.4. The first kappa shape index (κ1) is 25.3. The first-order chi connectivity index (χ1) is 17.3. The Labute approximate surface area is 211 Å². The van der Waals surface area contributed by atoms with E-state index in [-0.39, 0.29) is 29.4 Å². The largest absolute Gasteiger partial charge is 0.511 e. The first-order valence-corrected chi connectivity index (χ1v) is 12.4. The highest BCUT2D eigenvalue weighted by Gasteiger charge is 2.34. The summed E-state index contributed by atoms with van der Waals surface area (Å²) in [6, 6.07) is 17.0. The van der Waals surface area contributed by atoms with Crippen molar-refractivity contribution in [3.8, 4) is 17.2 Å². The Hall–Kier alpha value is -3.81. The molecule has 1 N–H and O–H groups in total. The average molecular weight is 492 g/mol. The van der Waals surface area contributed by atoms with E-state index < -0.39 is 6.16 Å². The second-order valence-corrected chi connectivity index (χ2v) is 9.66. The van der Waals surface area contributed by atoms with Gasteiger partial charge in [-0.15, -0.1) is 5.10 Å². The maximum Gasteiger partial charge on any atom is 0.511 e. The molecule has 0 aliphatic heterocycles. The molecular formula is C28H33N3O5. The van der Waals surface area contributed by atoms with E-state index in [0.29, 0.717) is 24.0 Å². The summed E-state index contributed by atoms with van der Waals surface area (Å²) in [6.45, 7) is 6.45. The quantitative estimate of drug-likeness (QED) is 0.384. The lowest BCUT2D eigenvalue weighted by Gasteiger charge is -2.32.